The van der Waals surface area contributed by atoms with Gasteiger partial charge in [0, 0.05) is 0 Å². The molecule has 7 rings (SSSR count). The third kappa shape index (κ3) is 5.02. The number of hydrogen-bond donors (Lipinski definition) is 7. The van der Waals surface area contributed by atoms with E-state index in [0.717, 1.165) is 27.5 Å². The van der Waals surface area contributed by atoms with Gasteiger partial charge >= 0.3 is 15.1 Å². The SMILES string of the molecule is Nc1nc2c(nnn2[C@@H]2S[C@H](CO[PH](=O)O)[C@@H](O)[C@H]2OP(=O)(S)OC2[C@H]3O[C@@H](n4nnc5c(N)ncnc54)[C@@H](F)[C@@]23O)c(=O)[nH]1. The van der Waals surface area contributed by atoms with Crippen LogP contribution >= 0.6 is 39.1 Å². The van der Waals surface area contributed by atoms with Crippen LogP contribution in [0.25, 0.3) is 22.3 Å². The molecule has 2 saturated heterocycles. The topological polar surface area (TPSA) is 317 Å². The fourth-order valence-corrected chi connectivity index (χ4v) is 8.99. The van der Waals surface area contributed by atoms with Gasteiger partial charge in [-0.3, -0.25) is 23.4 Å². The third-order valence-corrected chi connectivity index (χ3v) is 10.9. The molecule has 242 valence electrons. The lowest BCUT2D eigenvalue weighted by molar-refractivity contribution is -0.0656. The van der Waals surface area contributed by atoms with Gasteiger partial charge in [-0.2, -0.15) is 9.67 Å². The highest BCUT2D eigenvalue weighted by Crippen LogP contribution is 2.66. The number of hydrogen-bond acceptors (Lipinski definition) is 19. The molecule has 11 atom stereocenters. The number of alkyl halides is 1. The number of thiol groups is 1. The van der Waals surface area contributed by atoms with Gasteiger partial charge in [0.05, 0.1) is 18.0 Å². The summed E-state index contributed by atoms with van der Waals surface area (Å²) in [6.45, 7) is -5.03. The fourth-order valence-electron chi connectivity index (χ4n) is 5.22. The van der Waals surface area contributed by atoms with Gasteiger partial charge in [-0.1, -0.05) is 22.7 Å². The van der Waals surface area contributed by atoms with Crippen molar-refractivity contribution >= 4 is 73.2 Å². The van der Waals surface area contributed by atoms with Crippen molar-refractivity contribution in [2.45, 2.75) is 53.0 Å². The van der Waals surface area contributed by atoms with Crippen LogP contribution in [-0.4, -0.2) is 113 Å². The lowest BCUT2D eigenvalue weighted by Gasteiger charge is -2.26. The van der Waals surface area contributed by atoms with E-state index in [1.54, 1.807) is 0 Å². The molecule has 2 aliphatic heterocycles. The van der Waals surface area contributed by atoms with Crippen molar-refractivity contribution in [1.29, 1.82) is 0 Å². The Labute approximate surface area is 257 Å². The number of nitrogens with zero attached hydrogens (tertiary/aromatic N) is 9. The Morgan fingerprint density at radius 2 is 1.96 bits per heavy atom. The van der Waals surface area contributed by atoms with Crippen LogP contribution in [0.15, 0.2) is 11.1 Å². The zero-order valence-corrected chi connectivity index (χ0v) is 25.6. The number of aromatic nitrogens is 10. The molecule has 0 radical (unpaired) electrons. The minimum absolute atomic E-state index is 0.00654. The summed E-state index contributed by atoms with van der Waals surface area (Å²) in [6.07, 6.45) is -8.52. The predicted octanol–water partition coefficient (Wildman–Crippen LogP) is -1.92. The molecule has 27 heteroatoms. The van der Waals surface area contributed by atoms with E-state index in [-0.39, 0.29) is 34.1 Å². The molecular weight excluding hydrogens is 689 g/mol. The first-order valence-electron chi connectivity index (χ1n) is 12.6. The van der Waals surface area contributed by atoms with Gasteiger partial charge in [0.25, 0.3) is 5.56 Å². The number of nitrogens with one attached hydrogen (secondary N) is 1. The molecule has 4 aromatic rings. The molecule has 0 spiro atoms. The molecular formula is C18H21FN12O10P2S2. The van der Waals surface area contributed by atoms with Crippen molar-refractivity contribution in [1.82, 2.24) is 49.9 Å². The van der Waals surface area contributed by atoms with Crippen LogP contribution in [0.3, 0.4) is 0 Å². The third-order valence-electron chi connectivity index (χ3n) is 7.37. The van der Waals surface area contributed by atoms with Gasteiger partial charge in [-0.05, 0) is 0 Å². The van der Waals surface area contributed by atoms with Crippen LogP contribution in [0.1, 0.15) is 11.6 Å². The smallest absolute Gasteiger partial charge is 0.387 e. The Morgan fingerprint density at radius 1 is 1.22 bits per heavy atom. The number of nitrogens with two attached hydrogens (primary N) is 2. The summed E-state index contributed by atoms with van der Waals surface area (Å²) in [5.41, 5.74) is 8.18. The van der Waals surface area contributed by atoms with Gasteiger partial charge in [-0.25, -0.2) is 23.6 Å². The summed E-state index contributed by atoms with van der Waals surface area (Å²) in [7, 11) is -3.40. The zero-order valence-electron chi connectivity index (χ0n) is 22.0. The van der Waals surface area contributed by atoms with E-state index in [4.69, 9.17) is 34.7 Å². The number of aliphatic hydroxyl groups is 2. The van der Waals surface area contributed by atoms with Gasteiger partial charge in [-0.15, -0.1) is 22.0 Å². The van der Waals surface area contributed by atoms with E-state index >= 15 is 4.39 Å². The minimum Gasteiger partial charge on any atom is -0.389 e. The van der Waals surface area contributed by atoms with Crippen molar-refractivity contribution in [3.05, 3.63) is 16.7 Å². The van der Waals surface area contributed by atoms with E-state index in [0.29, 0.717) is 0 Å². The summed E-state index contributed by atoms with van der Waals surface area (Å²) in [6, 6.07) is 0. The summed E-state index contributed by atoms with van der Waals surface area (Å²) in [5, 5.41) is 35.3. The largest absolute Gasteiger partial charge is 0.389 e. The van der Waals surface area contributed by atoms with E-state index in [9.17, 15) is 24.1 Å². The summed E-state index contributed by atoms with van der Waals surface area (Å²) in [4.78, 5) is 35.4. The fraction of sp³-hybridized carbons (Fsp3) is 0.556. The van der Waals surface area contributed by atoms with Crippen LogP contribution in [-0.2, 0) is 27.4 Å². The van der Waals surface area contributed by atoms with Crippen molar-refractivity contribution in [2.75, 3.05) is 18.1 Å². The lowest BCUT2D eigenvalue weighted by atomic mass is 10.1. The molecule has 0 amide bonds. The number of aliphatic hydroxyl groups excluding tert-OH is 1. The van der Waals surface area contributed by atoms with Crippen molar-refractivity contribution in [3.63, 3.8) is 0 Å². The number of halogens is 1. The molecule has 8 N–H and O–H groups in total. The van der Waals surface area contributed by atoms with Crippen LogP contribution in [0.2, 0.25) is 0 Å². The molecule has 0 aromatic carbocycles. The maximum atomic E-state index is 15.6. The van der Waals surface area contributed by atoms with Crippen LogP contribution < -0.4 is 17.0 Å². The average Bonchev–Trinajstić information content (AvgIpc) is 3.49. The number of nitrogen functional groups attached to an aromatic ring is 2. The first kappa shape index (κ1) is 30.8. The normalized spacial score (nSPS) is 34.7. The quantitative estimate of drug-likeness (QED) is 0.0735. The molecule has 0 bridgehead atoms. The Balaban J connectivity index is 1.12. The summed E-state index contributed by atoms with van der Waals surface area (Å²) >= 11 is 4.88. The van der Waals surface area contributed by atoms with Gasteiger partial charge in [0.1, 0.15) is 30.0 Å². The van der Waals surface area contributed by atoms with Crippen molar-refractivity contribution in [3.8, 4) is 0 Å². The lowest BCUT2D eigenvalue weighted by Crippen LogP contribution is -2.36. The second kappa shape index (κ2) is 10.9. The highest BCUT2D eigenvalue weighted by Gasteiger charge is 2.80. The first-order valence-corrected chi connectivity index (χ1v) is 17.5. The Morgan fingerprint density at radius 3 is 2.67 bits per heavy atom. The van der Waals surface area contributed by atoms with Gasteiger partial charge < -0.3 is 35.8 Å². The van der Waals surface area contributed by atoms with Crippen LogP contribution in [0, 0.1) is 0 Å². The molecule has 3 unspecified atom stereocenters. The van der Waals surface area contributed by atoms with E-state index < -0.39 is 80.3 Å². The number of aromatic amines is 1. The number of rotatable bonds is 9. The van der Waals surface area contributed by atoms with E-state index in [2.05, 4.69) is 52.8 Å². The number of fused-ring (bicyclic) bond motifs is 3. The Hall–Kier alpha value is -2.83. The molecule has 1 saturated carbocycles. The minimum atomic E-state index is -4.58. The summed E-state index contributed by atoms with van der Waals surface area (Å²) in [5.74, 6) is -0.283. The molecule has 3 aliphatic rings. The number of H-pyrrole nitrogens is 1. The molecule has 6 heterocycles. The van der Waals surface area contributed by atoms with Crippen LogP contribution in [0.4, 0.5) is 16.2 Å². The number of thioether (sulfide) groups is 1. The van der Waals surface area contributed by atoms with E-state index in [1.165, 1.54) is 0 Å². The monoisotopic (exact) mass is 710 g/mol. The predicted molar refractivity (Wildman–Crippen MR) is 152 cm³/mol. The number of ether oxygens (including phenoxy) is 1. The first-order chi connectivity index (χ1) is 21.3. The Kier molecular flexibility index (Phi) is 7.44. The highest BCUT2D eigenvalue weighted by atomic mass is 32.7. The van der Waals surface area contributed by atoms with Gasteiger partial charge in [0.15, 0.2) is 46.1 Å². The molecule has 3 fully saturated rings. The van der Waals surface area contributed by atoms with Crippen LogP contribution in [0.5, 0.6) is 0 Å². The van der Waals surface area contributed by atoms with Gasteiger partial charge in [0.2, 0.25) is 5.95 Å². The number of anilines is 2. The second-order valence-electron chi connectivity index (χ2n) is 10.1. The molecule has 22 nitrogen and oxygen atoms in total. The maximum Gasteiger partial charge on any atom is 0.387 e. The maximum absolute atomic E-state index is 15.6. The molecule has 4 aromatic heterocycles. The summed E-state index contributed by atoms with van der Waals surface area (Å²) < 4.78 is 63.8. The standard InChI is InChI=1S/C18H21FN12O10P2S2/c19-8-15(30-12-4(26-28-30)11(20)22-2-23-12)39-9-10(18(8,9)34)41-43(37,44)40-7-6(32)3(1-38-42(35)36)45-16(7)31-13-5(27-29-31)14(33)25-17(21)24-13/h2-3,6-10,15-16,32,34,42H,1H2,(H,35,36)(H,37,44)(H2,20,22,23)(H3,21,24,25,33)/t3-,6-,7-,8-,9-,10?,15-,16-,18+,43?/m1/s1. The van der Waals surface area contributed by atoms with Crippen molar-refractivity contribution in [2.24, 2.45) is 0 Å². The van der Waals surface area contributed by atoms with Crippen molar-refractivity contribution < 1.29 is 46.9 Å². The average molecular weight is 711 g/mol. The molecule has 1 aliphatic carbocycles. The second-order valence-corrected chi connectivity index (χ2v) is 15.1. The zero-order chi connectivity index (χ0) is 32.0. The molecule has 45 heavy (non-hydrogen) atoms. The highest BCUT2D eigenvalue weighted by molar-refractivity contribution is 8.44. The van der Waals surface area contributed by atoms with E-state index in [1.807, 2.05) is 0 Å². The Bertz CT molecular complexity index is 1950.